The number of hydrogen-bond acceptors (Lipinski definition) is 5. The number of rotatable bonds is 9. The molecule has 0 bridgehead atoms. The summed E-state index contributed by atoms with van der Waals surface area (Å²) in [5, 5.41) is 2.89. The summed E-state index contributed by atoms with van der Waals surface area (Å²) in [6.07, 6.45) is 0. The summed E-state index contributed by atoms with van der Waals surface area (Å²) < 4.78 is 38.7. The van der Waals surface area contributed by atoms with Crippen LogP contribution < -0.4 is 19.1 Å². The van der Waals surface area contributed by atoms with Crippen molar-refractivity contribution in [3.05, 3.63) is 83.4 Å². The Morgan fingerprint density at radius 1 is 0.912 bits per heavy atom. The fourth-order valence-corrected chi connectivity index (χ4v) is 4.97. The van der Waals surface area contributed by atoms with E-state index in [4.69, 9.17) is 9.47 Å². The fraction of sp³-hybridized carbons (Fsp3) is 0.269. The number of amides is 1. The molecule has 8 heteroatoms. The maximum atomic E-state index is 13.5. The summed E-state index contributed by atoms with van der Waals surface area (Å²) in [6.45, 7) is 5.32. The number of methoxy groups -OCH3 is 2. The van der Waals surface area contributed by atoms with Gasteiger partial charge >= 0.3 is 0 Å². The fourth-order valence-electron chi connectivity index (χ4n) is 3.54. The highest BCUT2D eigenvalue weighted by atomic mass is 32.2. The Kier molecular flexibility index (Phi) is 7.83. The number of nitrogens with one attached hydrogen (secondary N) is 1. The Bertz CT molecular complexity index is 1260. The number of sulfonamides is 1. The highest BCUT2D eigenvalue weighted by molar-refractivity contribution is 7.92. The van der Waals surface area contributed by atoms with Crippen LogP contribution in [0.1, 0.15) is 29.7 Å². The lowest BCUT2D eigenvalue weighted by atomic mass is 10.1. The Morgan fingerprint density at radius 2 is 1.59 bits per heavy atom. The third-order valence-electron chi connectivity index (χ3n) is 5.68. The zero-order valence-corrected chi connectivity index (χ0v) is 20.8. The molecule has 7 nitrogen and oxygen atoms in total. The molecule has 0 aromatic heterocycles. The van der Waals surface area contributed by atoms with Crippen molar-refractivity contribution in [3.63, 3.8) is 0 Å². The Balaban J connectivity index is 1.89. The molecular weight excluding hydrogens is 452 g/mol. The summed E-state index contributed by atoms with van der Waals surface area (Å²) in [5.41, 5.74) is 3.20. The number of ether oxygens (including phenoxy) is 2. The van der Waals surface area contributed by atoms with E-state index in [-0.39, 0.29) is 17.5 Å². The molecule has 0 aliphatic heterocycles. The van der Waals surface area contributed by atoms with Crippen molar-refractivity contribution in [1.82, 2.24) is 5.32 Å². The Morgan fingerprint density at radius 3 is 2.21 bits per heavy atom. The van der Waals surface area contributed by atoms with Crippen LogP contribution in [0.5, 0.6) is 11.5 Å². The summed E-state index contributed by atoms with van der Waals surface area (Å²) >= 11 is 0. The average molecular weight is 483 g/mol. The Hall–Kier alpha value is -3.52. The molecule has 1 N–H and O–H groups in total. The van der Waals surface area contributed by atoms with Crippen molar-refractivity contribution in [2.75, 3.05) is 25.1 Å². The second-order valence-corrected chi connectivity index (χ2v) is 9.86. The van der Waals surface area contributed by atoms with E-state index in [1.807, 2.05) is 32.9 Å². The van der Waals surface area contributed by atoms with Gasteiger partial charge in [-0.3, -0.25) is 9.10 Å². The van der Waals surface area contributed by atoms with Gasteiger partial charge in [0.25, 0.3) is 10.0 Å². The number of aryl methyl sites for hydroxylation is 2. The molecule has 0 radical (unpaired) electrons. The highest BCUT2D eigenvalue weighted by Gasteiger charge is 2.28. The van der Waals surface area contributed by atoms with E-state index in [0.29, 0.717) is 17.2 Å². The summed E-state index contributed by atoms with van der Waals surface area (Å²) in [5.74, 6) is 0.698. The SMILES string of the molecule is COc1ccc([C@H](C)NC(=O)CN(c2ccc(C)c(C)c2)S(=O)(=O)c2ccccc2)cc1OC. The van der Waals surface area contributed by atoms with Gasteiger partial charge in [0, 0.05) is 0 Å². The van der Waals surface area contributed by atoms with Crippen LogP contribution in [0.2, 0.25) is 0 Å². The molecule has 0 spiro atoms. The van der Waals surface area contributed by atoms with E-state index >= 15 is 0 Å². The van der Waals surface area contributed by atoms with Gasteiger partial charge in [0.2, 0.25) is 5.91 Å². The van der Waals surface area contributed by atoms with Gasteiger partial charge in [0.05, 0.1) is 30.8 Å². The van der Waals surface area contributed by atoms with Gasteiger partial charge in [0.15, 0.2) is 11.5 Å². The first-order valence-corrected chi connectivity index (χ1v) is 12.3. The monoisotopic (exact) mass is 482 g/mol. The quantitative estimate of drug-likeness (QED) is 0.489. The molecule has 0 heterocycles. The molecule has 180 valence electrons. The van der Waals surface area contributed by atoms with E-state index < -0.39 is 15.9 Å². The topological polar surface area (TPSA) is 84.9 Å². The summed E-state index contributed by atoms with van der Waals surface area (Å²) in [6, 6.07) is 18.4. The first-order chi connectivity index (χ1) is 16.2. The lowest BCUT2D eigenvalue weighted by Crippen LogP contribution is -2.41. The van der Waals surface area contributed by atoms with E-state index in [1.165, 1.54) is 12.1 Å². The zero-order chi connectivity index (χ0) is 24.9. The van der Waals surface area contributed by atoms with E-state index in [1.54, 1.807) is 56.7 Å². The van der Waals surface area contributed by atoms with Gasteiger partial charge in [0.1, 0.15) is 6.54 Å². The first kappa shape index (κ1) is 25.1. The molecule has 3 aromatic rings. The lowest BCUT2D eigenvalue weighted by Gasteiger charge is -2.26. The predicted molar refractivity (Wildman–Crippen MR) is 133 cm³/mol. The van der Waals surface area contributed by atoms with Gasteiger partial charge in [-0.1, -0.05) is 30.3 Å². The maximum Gasteiger partial charge on any atom is 0.264 e. The number of nitrogens with zero attached hydrogens (tertiary/aromatic N) is 1. The first-order valence-electron chi connectivity index (χ1n) is 10.8. The molecule has 0 fully saturated rings. The van der Waals surface area contributed by atoms with Gasteiger partial charge in [-0.15, -0.1) is 0 Å². The maximum absolute atomic E-state index is 13.5. The molecule has 0 aliphatic rings. The molecule has 0 saturated heterocycles. The van der Waals surface area contributed by atoms with E-state index in [9.17, 15) is 13.2 Å². The molecule has 34 heavy (non-hydrogen) atoms. The third-order valence-corrected chi connectivity index (χ3v) is 7.47. The van der Waals surface area contributed by atoms with Crippen molar-refractivity contribution in [2.24, 2.45) is 0 Å². The number of carbonyl (C=O) groups is 1. The van der Waals surface area contributed by atoms with Crippen molar-refractivity contribution >= 4 is 21.6 Å². The lowest BCUT2D eigenvalue weighted by molar-refractivity contribution is -0.120. The van der Waals surface area contributed by atoms with Gasteiger partial charge < -0.3 is 14.8 Å². The minimum Gasteiger partial charge on any atom is -0.493 e. The van der Waals surface area contributed by atoms with E-state index in [2.05, 4.69) is 5.32 Å². The van der Waals surface area contributed by atoms with E-state index in [0.717, 1.165) is 21.0 Å². The minimum absolute atomic E-state index is 0.119. The normalized spacial score (nSPS) is 12.0. The van der Waals surface area contributed by atoms with Crippen LogP contribution in [0, 0.1) is 13.8 Å². The molecule has 1 atom stereocenters. The van der Waals surface area contributed by atoms with Crippen molar-refractivity contribution < 1.29 is 22.7 Å². The molecule has 3 rings (SSSR count). The molecule has 0 saturated carbocycles. The van der Waals surface area contributed by atoms with Crippen molar-refractivity contribution in [1.29, 1.82) is 0 Å². The van der Waals surface area contributed by atoms with Gasteiger partial charge in [-0.2, -0.15) is 0 Å². The Labute approximate surface area is 201 Å². The van der Waals surface area contributed by atoms with Crippen LogP contribution in [0.4, 0.5) is 5.69 Å². The van der Waals surface area contributed by atoms with Crippen LogP contribution in [0.3, 0.4) is 0 Å². The standard InChI is InChI=1S/C26H30N2O5S/c1-18-11-13-22(15-19(18)2)28(34(30,31)23-9-7-6-8-10-23)17-26(29)27-20(3)21-12-14-24(32-4)25(16-21)33-5/h6-16,20H,17H2,1-5H3,(H,27,29)/t20-/m0/s1. The molecule has 3 aromatic carbocycles. The number of benzene rings is 3. The molecule has 0 unspecified atom stereocenters. The van der Waals surface area contributed by atoms with Crippen molar-refractivity contribution in [2.45, 2.75) is 31.7 Å². The second-order valence-electron chi connectivity index (χ2n) is 8.00. The summed E-state index contributed by atoms with van der Waals surface area (Å²) in [4.78, 5) is 13.2. The van der Waals surface area contributed by atoms with Crippen molar-refractivity contribution in [3.8, 4) is 11.5 Å². The number of anilines is 1. The van der Waals surface area contributed by atoms with Gasteiger partial charge in [-0.05, 0) is 73.9 Å². The van der Waals surface area contributed by atoms with Crippen LogP contribution in [-0.4, -0.2) is 35.1 Å². The zero-order valence-electron chi connectivity index (χ0n) is 20.0. The highest BCUT2D eigenvalue weighted by Crippen LogP contribution is 2.30. The van der Waals surface area contributed by atoms with Crippen LogP contribution in [-0.2, 0) is 14.8 Å². The number of hydrogen-bond donors (Lipinski definition) is 1. The molecular formula is C26H30N2O5S. The van der Waals surface area contributed by atoms with Crippen LogP contribution in [0.15, 0.2) is 71.6 Å². The summed E-state index contributed by atoms with van der Waals surface area (Å²) in [7, 11) is -0.868. The largest absolute Gasteiger partial charge is 0.493 e. The smallest absolute Gasteiger partial charge is 0.264 e. The third kappa shape index (κ3) is 5.51. The minimum atomic E-state index is -3.96. The molecule has 1 amide bonds. The van der Waals surface area contributed by atoms with Crippen LogP contribution >= 0.6 is 0 Å². The van der Waals surface area contributed by atoms with Crippen LogP contribution in [0.25, 0.3) is 0 Å². The average Bonchev–Trinajstić information content (AvgIpc) is 2.84. The predicted octanol–water partition coefficient (Wildman–Crippen LogP) is 4.39. The number of carbonyl (C=O) groups excluding carboxylic acids is 1. The second kappa shape index (κ2) is 10.6. The van der Waals surface area contributed by atoms with Gasteiger partial charge in [-0.25, -0.2) is 8.42 Å². The molecule has 0 aliphatic carbocycles.